The molecule has 0 unspecified atom stereocenters. The van der Waals surface area contributed by atoms with Gasteiger partial charge in [-0.05, 0) is 6.07 Å². The van der Waals surface area contributed by atoms with Gasteiger partial charge in [-0.15, -0.1) is 0 Å². The lowest BCUT2D eigenvalue weighted by molar-refractivity contribution is 0.839. The van der Waals surface area contributed by atoms with Gasteiger partial charge in [-0.3, -0.25) is 4.79 Å². The van der Waals surface area contributed by atoms with Crippen LogP contribution in [-0.4, -0.2) is 19.7 Å². The minimum atomic E-state index is -0.361. The van der Waals surface area contributed by atoms with Crippen molar-refractivity contribution >= 4 is 5.69 Å². The van der Waals surface area contributed by atoms with Gasteiger partial charge in [-0.25, -0.2) is 9.67 Å². The molecule has 0 spiro atoms. The molecular weight excluding hydrogens is 170 g/mol. The monoisotopic (exact) mass is 177 g/mol. The summed E-state index contributed by atoms with van der Waals surface area (Å²) in [5.41, 5.74) is 5.21. The summed E-state index contributed by atoms with van der Waals surface area (Å²) in [6.45, 7) is 0. The molecule has 0 atom stereocenters. The number of aromatic amines is 1. The number of rotatable bonds is 1. The van der Waals surface area contributed by atoms with Gasteiger partial charge in [0, 0.05) is 12.4 Å². The second-order valence-electron chi connectivity index (χ2n) is 2.42. The molecule has 3 N–H and O–H groups in total. The SMILES string of the molecule is Nc1c(-n2cccn2)nc[nH]c1=O. The number of hydrogen-bond acceptors (Lipinski definition) is 4. The van der Waals surface area contributed by atoms with Gasteiger partial charge in [0.1, 0.15) is 5.69 Å². The molecule has 0 aliphatic carbocycles. The molecule has 0 aliphatic rings. The van der Waals surface area contributed by atoms with Crippen molar-refractivity contribution < 1.29 is 0 Å². The third kappa shape index (κ3) is 1.18. The standard InChI is InChI=1S/C7H7N5O/c8-5-6(9-4-10-7(5)13)12-3-1-2-11-12/h1-4H,8H2,(H,9,10,13). The van der Waals surface area contributed by atoms with E-state index in [9.17, 15) is 4.79 Å². The molecular formula is C7H7N5O. The Morgan fingerprint density at radius 2 is 2.38 bits per heavy atom. The van der Waals surface area contributed by atoms with Gasteiger partial charge in [-0.2, -0.15) is 5.10 Å². The van der Waals surface area contributed by atoms with Crippen molar-refractivity contribution in [2.75, 3.05) is 5.73 Å². The van der Waals surface area contributed by atoms with Gasteiger partial charge in [-0.1, -0.05) is 0 Å². The van der Waals surface area contributed by atoms with Gasteiger partial charge < -0.3 is 10.7 Å². The average Bonchev–Trinajstić information content (AvgIpc) is 2.62. The summed E-state index contributed by atoms with van der Waals surface area (Å²) < 4.78 is 1.44. The van der Waals surface area contributed by atoms with E-state index >= 15 is 0 Å². The Morgan fingerprint density at radius 3 is 3.08 bits per heavy atom. The van der Waals surface area contributed by atoms with E-state index in [0.29, 0.717) is 5.82 Å². The quantitative estimate of drug-likeness (QED) is 0.616. The van der Waals surface area contributed by atoms with Crippen LogP contribution < -0.4 is 11.3 Å². The molecule has 6 nitrogen and oxygen atoms in total. The van der Waals surface area contributed by atoms with Crippen LogP contribution >= 0.6 is 0 Å². The van der Waals surface area contributed by atoms with E-state index in [1.54, 1.807) is 18.5 Å². The molecule has 0 amide bonds. The summed E-state index contributed by atoms with van der Waals surface area (Å²) in [5.74, 6) is 0.341. The van der Waals surface area contributed by atoms with Crippen LogP contribution in [0.3, 0.4) is 0 Å². The maximum absolute atomic E-state index is 11.1. The zero-order valence-corrected chi connectivity index (χ0v) is 6.64. The Labute approximate surface area is 73.0 Å². The van der Waals surface area contributed by atoms with Gasteiger partial charge in [0.15, 0.2) is 5.82 Å². The molecule has 0 saturated heterocycles. The summed E-state index contributed by atoms with van der Waals surface area (Å²) in [4.78, 5) is 17.3. The van der Waals surface area contributed by atoms with Crippen molar-refractivity contribution in [1.82, 2.24) is 19.7 Å². The highest BCUT2D eigenvalue weighted by atomic mass is 16.1. The van der Waals surface area contributed by atoms with Crippen molar-refractivity contribution in [3.8, 4) is 5.82 Å². The van der Waals surface area contributed by atoms with Crippen LogP contribution in [0.2, 0.25) is 0 Å². The minimum absolute atomic E-state index is 0.0613. The number of anilines is 1. The number of hydrogen-bond donors (Lipinski definition) is 2. The number of H-pyrrole nitrogens is 1. The Kier molecular flexibility index (Phi) is 1.59. The van der Waals surface area contributed by atoms with Crippen LogP contribution in [0.4, 0.5) is 5.69 Å². The van der Waals surface area contributed by atoms with Crippen LogP contribution in [0.5, 0.6) is 0 Å². The normalized spacial score (nSPS) is 10.2. The fourth-order valence-electron chi connectivity index (χ4n) is 0.978. The maximum atomic E-state index is 11.1. The van der Waals surface area contributed by atoms with Gasteiger partial charge in [0.05, 0.1) is 6.33 Å². The Morgan fingerprint density at radius 1 is 1.54 bits per heavy atom. The molecule has 0 aliphatic heterocycles. The first kappa shape index (κ1) is 7.53. The summed E-state index contributed by atoms with van der Waals surface area (Å²) in [6.07, 6.45) is 4.54. The van der Waals surface area contributed by atoms with E-state index < -0.39 is 0 Å². The van der Waals surface area contributed by atoms with E-state index in [-0.39, 0.29) is 11.2 Å². The van der Waals surface area contributed by atoms with Crippen LogP contribution in [-0.2, 0) is 0 Å². The highest BCUT2D eigenvalue weighted by molar-refractivity contribution is 5.49. The van der Waals surface area contributed by atoms with Crippen molar-refractivity contribution in [1.29, 1.82) is 0 Å². The molecule has 2 aromatic heterocycles. The van der Waals surface area contributed by atoms with E-state index in [1.165, 1.54) is 11.0 Å². The minimum Gasteiger partial charge on any atom is -0.391 e. The Hall–Kier alpha value is -2.11. The number of nitrogens with zero attached hydrogens (tertiary/aromatic N) is 3. The molecule has 0 radical (unpaired) electrons. The number of aromatic nitrogens is 4. The molecule has 66 valence electrons. The second-order valence-corrected chi connectivity index (χ2v) is 2.42. The molecule has 2 aromatic rings. The number of nitrogens with two attached hydrogens (primary N) is 1. The summed E-state index contributed by atoms with van der Waals surface area (Å²) in [5, 5.41) is 3.91. The summed E-state index contributed by atoms with van der Waals surface area (Å²) >= 11 is 0. The first-order valence-corrected chi connectivity index (χ1v) is 3.62. The lowest BCUT2D eigenvalue weighted by Crippen LogP contribution is -2.16. The molecule has 0 fully saturated rings. The largest absolute Gasteiger partial charge is 0.391 e. The average molecular weight is 177 g/mol. The highest BCUT2D eigenvalue weighted by Gasteiger charge is 2.05. The first-order valence-electron chi connectivity index (χ1n) is 3.62. The van der Waals surface area contributed by atoms with E-state index in [4.69, 9.17) is 5.73 Å². The van der Waals surface area contributed by atoms with Crippen molar-refractivity contribution in [2.24, 2.45) is 0 Å². The number of nitrogens with one attached hydrogen (secondary N) is 1. The van der Waals surface area contributed by atoms with Crippen LogP contribution in [0.15, 0.2) is 29.6 Å². The van der Waals surface area contributed by atoms with Crippen molar-refractivity contribution in [2.45, 2.75) is 0 Å². The zero-order valence-electron chi connectivity index (χ0n) is 6.64. The van der Waals surface area contributed by atoms with Crippen LogP contribution in [0, 0.1) is 0 Å². The summed E-state index contributed by atoms with van der Waals surface area (Å²) in [6, 6.07) is 1.72. The third-order valence-electron chi connectivity index (χ3n) is 1.59. The van der Waals surface area contributed by atoms with Gasteiger partial charge in [0.2, 0.25) is 0 Å². The lowest BCUT2D eigenvalue weighted by Gasteiger charge is -2.01. The predicted octanol–water partition coefficient (Wildman–Crippen LogP) is -0.462. The van der Waals surface area contributed by atoms with Crippen molar-refractivity contribution in [3.63, 3.8) is 0 Å². The molecule has 2 rings (SSSR count). The molecule has 13 heavy (non-hydrogen) atoms. The van der Waals surface area contributed by atoms with Crippen molar-refractivity contribution in [3.05, 3.63) is 35.1 Å². The van der Waals surface area contributed by atoms with E-state index in [2.05, 4.69) is 15.1 Å². The fourth-order valence-corrected chi connectivity index (χ4v) is 0.978. The molecule has 0 saturated carbocycles. The van der Waals surface area contributed by atoms with E-state index in [0.717, 1.165) is 0 Å². The Bertz CT molecular complexity index is 458. The Balaban J connectivity index is 2.66. The molecule has 0 bridgehead atoms. The highest BCUT2D eigenvalue weighted by Crippen LogP contribution is 2.05. The predicted molar refractivity (Wildman–Crippen MR) is 46.4 cm³/mol. The summed E-state index contributed by atoms with van der Waals surface area (Å²) in [7, 11) is 0. The molecule has 6 heteroatoms. The fraction of sp³-hybridized carbons (Fsp3) is 0. The van der Waals surface area contributed by atoms with Gasteiger partial charge >= 0.3 is 0 Å². The maximum Gasteiger partial charge on any atom is 0.276 e. The van der Waals surface area contributed by atoms with Gasteiger partial charge in [0.25, 0.3) is 5.56 Å². The third-order valence-corrected chi connectivity index (χ3v) is 1.59. The number of nitrogen functional groups attached to an aromatic ring is 1. The smallest absolute Gasteiger partial charge is 0.276 e. The molecule has 2 heterocycles. The van der Waals surface area contributed by atoms with E-state index in [1.807, 2.05) is 0 Å². The lowest BCUT2D eigenvalue weighted by atomic mass is 10.5. The first-order chi connectivity index (χ1) is 6.29. The molecule has 0 aromatic carbocycles. The second kappa shape index (κ2) is 2.74. The topological polar surface area (TPSA) is 89.6 Å². The zero-order chi connectivity index (χ0) is 9.26. The van der Waals surface area contributed by atoms with Crippen LogP contribution in [0.1, 0.15) is 0 Å². The van der Waals surface area contributed by atoms with Crippen LogP contribution in [0.25, 0.3) is 5.82 Å².